The largest absolute Gasteiger partial charge is 0.369 e. The normalized spacial score (nSPS) is 19.8. The molecular formula is C21H31BrN8O. The van der Waals surface area contributed by atoms with Gasteiger partial charge in [-0.3, -0.25) is 9.48 Å². The Bertz CT molecular complexity index is 917. The lowest BCUT2D eigenvalue weighted by Gasteiger charge is -2.26. The molecule has 2 aromatic rings. The monoisotopic (exact) mass is 490 g/mol. The van der Waals surface area contributed by atoms with Crippen LogP contribution < -0.4 is 10.6 Å². The summed E-state index contributed by atoms with van der Waals surface area (Å²) >= 11 is 3.52. The molecule has 1 amide bonds. The summed E-state index contributed by atoms with van der Waals surface area (Å²) in [4.78, 5) is 25.2. The van der Waals surface area contributed by atoms with E-state index in [9.17, 15) is 4.79 Å². The molecule has 2 N–H and O–H groups in total. The average Bonchev–Trinajstić information content (AvgIpc) is 3.34. The third-order valence-electron chi connectivity index (χ3n) is 5.97. The van der Waals surface area contributed by atoms with Gasteiger partial charge >= 0.3 is 0 Å². The number of hydrogen-bond acceptors (Lipinski definition) is 7. The van der Waals surface area contributed by atoms with Gasteiger partial charge in [0.15, 0.2) is 0 Å². The number of carbonyl (C=O) groups is 1. The molecule has 2 saturated heterocycles. The van der Waals surface area contributed by atoms with Crippen molar-refractivity contribution >= 4 is 39.3 Å². The van der Waals surface area contributed by atoms with Gasteiger partial charge in [-0.15, -0.1) is 0 Å². The highest BCUT2D eigenvalue weighted by Crippen LogP contribution is 2.26. The summed E-state index contributed by atoms with van der Waals surface area (Å²) in [5.74, 6) is 1.55. The Kier molecular flexibility index (Phi) is 7.06. The number of likely N-dealkylation sites (N-methyl/N-ethyl adjacent to an activating group) is 1. The Morgan fingerprint density at radius 2 is 2.16 bits per heavy atom. The van der Waals surface area contributed by atoms with E-state index in [0.29, 0.717) is 18.4 Å². The molecule has 2 aromatic heterocycles. The zero-order valence-electron chi connectivity index (χ0n) is 18.3. The molecule has 0 unspecified atom stereocenters. The lowest BCUT2D eigenvalue weighted by Crippen LogP contribution is -2.36. The van der Waals surface area contributed by atoms with E-state index in [1.165, 1.54) is 0 Å². The SMILES string of the molecule is Cc1nn([C@@H]2CCN(C)C2)cc1Nc1ncc(Br)c(NCCCN2CCCCC2=O)n1. The van der Waals surface area contributed by atoms with Crippen LogP contribution in [0.15, 0.2) is 16.9 Å². The Balaban J connectivity index is 1.33. The van der Waals surface area contributed by atoms with Crippen LogP contribution in [0, 0.1) is 6.92 Å². The highest BCUT2D eigenvalue weighted by atomic mass is 79.9. The predicted molar refractivity (Wildman–Crippen MR) is 125 cm³/mol. The second-order valence-corrected chi connectivity index (χ2v) is 9.30. The summed E-state index contributed by atoms with van der Waals surface area (Å²) in [6, 6.07) is 0.411. The number of hydrogen-bond donors (Lipinski definition) is 2. The maximum Gasteiger partial charge on any atom is 0.229 e. The first-order valence-electron chi connectivity index (χ1n) is 11.0. The maximum absolute atomic E-state index is 11.9. The maximum atomic E-state index is 11.9. The van der Waals surface area contributed by atoms with Crippen LogP contribution in [0.4, 0.5) is 17.5 Å². The number of carbonyl (C=O) groups excluding carboxylic acids is 1. The molecular weight excluding hydrogens is 460 g/mol. The number of nitrogens with one attached hydrogen (secondary N) is 2. The Morgan fingerprint density at radius 1 is 1.29 bits per heavy atom. The number of aromatic nitrogens is 4. The van der Waals surface area contributed by atoms with E-state index in [1.54, 1.807) is 6.20 Å². The van der Waals surface area contributed by atoms with Gasteiger partial charge < -0.3 is 20.4 Å². The summed E-state index contributed by atoms with van der Waals surface area (Å²) < 4.78 is 2.87. The van der Waals surface area contributed by atoms with Gasteiger partial charge in [-0.1, -0.05) is 0 Å². The minimum Gasteiger partial charge on any atom is -0.369 e. The number of halogens is 1. The van der Waals surface area contributed by atoms with E-state index in [1.807, 2.05) is 18.0 Å². The smallest absolute Gasteiger partial charge is 0.229 e. The summed E-state index contributed by atoms with van der Waals surface area (Å²) in [6.07, 6.45) is 8.61. The molecule has 0 spiro atoms. The lowest BCUT2D eigenvalue weighted by atomic mass is 10.1. The van der Waals surface area contributed by atoms with Gasteiger partial charge in [0.25, 0.3) is 0 Å². The Morgan fingerprint density at radius 3 is 2.94 bits per heavy atom. The highest BCUT2D eigenvalue weighted by Gasteiger charge is 2.23. The minimum absolute atomic E-state index is 0.279. The van der Waals surface area contributed by atoms with E-state index in [4.69, 9.17) is 0 Å². The summed E-state index contributed by atoms with van der Waals surface area (Å²) in [5.41, 5.74) is 1.85. The van der Waals surface area contributed by atoms with Gasteiger partial charge in [0.2, 0.25) is 11.9 Å². The van der Waals surface area contributed by atoms with Crippen LogP contribution in [0.3, 0.4) is 0 Å². The average molecular weight is 491 g/mol. The fourth-order valence-electron chi connectivity index (χ4n) is 4.17. The van der Waals surface area contributed by atoms with Crippen LogP contribution in [-0.4, -0.2) is 75.2 Å². The standard InChI is InChI=1S/C21H31BrN8O/c1-15-18(14-30(27-15)16-7-11-28(2)13-16)25-21-24-12-17(22)20(26-21)23-8-5-10-29-9-4-3-6-19(29)31/h12,14,16H,3-11,13H2,1-2H3,(H2,23,24,25,26)/t16-/m1/s1. The molecule has 9 nitrogen and oxygen atoms in total. The molecule has 0 bridgehead atoms. The van der Waals surface area contributed by atoms with Crippen molar-refractivity contribution in [3.63, 3.8) is 0 Å². The third kappa shape index (κ3) is 5.54. The summed E-state index contributed by atoms with van der Waals surface area (Å²) in [6.45, 7) is 6.53. The molecule has 168 valence electrons. The first-order valence-corrected chi connectivity index (χ1v) is 11.8. The van der Waals surface area contributed by atoms with Crippen molar-refractivity contribution in [1.82, 2.24) is 29.5 Å². The van der Waals surface area contributed by atoms with Gasteiger partial charge in [0, 0.05) is 45.0 Å². The van der Waals surface area contributed by atoms with E-state index in [-0.39, 0.29) is 5.91 Å². The van der Waals surface area contributed by atoms with Crippen molar-refractivity contribution in [2.24, 2.45) is 0 Å². The molecule has 0 saturated carbocycles. The summed E-state index contributed by atoms with van der Waals surface area (Å²) in [5, 5.41) is 11.4. The predicted octanol–water partition coefficient (Wildman–Crippen LogP) is 3.18. The molecule has 10 heteroatoms. The molecule has 0 aromatic carbocycles. The van der Waals surface area contributed by atoms with Crippen LogP contribution >= 0.6 is 15.9 Å². The van der Waals surface area contributed by atoms with Crippen LogP contribution in [0.1, 0.15) is 43.8 Å². The van der Waals surface area contributed by atoms with Crippen LogP contribution in [0.25, 0.3) is 0 Å². The van der Waals surface area contributed by atoms with Crippen molar-refractivity contribution in [3.8, 4) is 0 Å². The zero-order chi connectivity index (χ0) is 21.8. The highest BCUT2D eigenvalue weighted by molar-refractivity contribution is 9.10. The van der Waals surface area contributed by atoms with Gasteiger partial charge in [0.1, 0.15) is 5.82 Å². The molecule has 31 heavy (non-hydrogen) atoms. The number of amides is 1. The topological polar surface area (TPSA) is 91.2 Å². The number of anilines is 3. The number of nitrogens with zero attached hydrogens (tertiary/aromatic N) is 6. The first-order chi connectivity index (χ1) is 15.0. The van der Waals surface area contributed by atoms with E-state index in [0.717, 1.165) is 80.1 Å². The van der Waals surface area contributed by atoms with Crippen molar-refractivity contribution in [3.05, 3.63) is 22.6 Å². The van der Waals surface area contributed by atoms with E-state index < -0.39 is 0 Å². The van der Waals surface area contributed by atoms with Gasteiger partial charge in [-0.25, -0.2) is 4.98 Å². The number of likely N-dealkylation sites (tertiary alicyclic amines) is 2. The minimum atomic E-state index is 0.279. The Labute approximate surface area is 191 Å². The van der Waals surface area contributed by atoms with Crippen molar-refractivity contribution in [2.45, 2.75) is 45.1 Å². The van der Waals surface area contributed by atoms with Gasteiger partial charge in [-0.05, 0) is 62.1 Å². The number of piperidine rings is 1. The van der Waals surface area contributed by atoms with Crippen LogP contribution in [0.5, 0.6) is 0 Å². The van der Waals surface area contributed by atoms with E-state index >= 15 is 0 Å². The quantitative estimate of drug-likeness (QED) is 0.548. The fourth-order valence-corrected chi connectivity index (χ4v) is 4.50. The fraction of sp³-hybridized carbons (Fsp3) is 0.619. The molecule has 2 aliphatic rings. The number of rotatable bonds is 8. The van der Waals surface area contributed by atoms with Gasteiger partial charge in [-0.2, -0.15) is 10.1 Å². The number of aryl methyl sites for hydroxylation is 1. The molecule has 0 radical (unpaired) electrons. The molecule has 4 rings (SSSR count). The zero-order valence-corrected chi connectivity index (χ0v) is 19.9. The van der Waals surface area contributed by atoms with Crippen LogP contribution in [-0.2, 0) is 4.79 Å². The molecule has 4 heterocycles. The van der Waals surface area contributed by atoms with Crippen molar-refractivity contribution in [2.75, 3.05) is 50.4 Å². The van der Waals surface area contributed by atoms with E-state index in [2.05, 4.69) is 58.3 Å². The molecule has 0 aliphatic carbocycles. The third-order valence-corrected chi connectivity index (χ3v) is 6.55. The second-order valence-electron chi connectivity index (χ2n) is 8.45. The molecule has 2 aliphatic heterocycles. The van der Waals surface area contributed by atoms with Crippen molar-refractivity contribution in [1.29, 1.82) is 0 Å². The first kappa shape index (κ1) is 22.0. The Hall–Kier alpha value is -2.20. The van der Waals surface area contributed by atoms with Gasteiger partial charge in [0.05, 0.1) is 21.9 Å². The second kappa shape index (κ2) is 9.95. The van der Waals surface area contributed by atoms with Crippen LogP contribution in [0.2, 0.25) is 0 Å². The lowest BCUT2D eigenvalue weighted by molar-refractivity contribution is -0.133. The molecule has 2 fully saturated rings. The molecule has 1 atom stereocenters. The van der Waals surface area contributed by atoms with Crippen molar-refractivity contribution < 1.29 is 4.79 Å². The summed E-state index contributed by atoms with van der Waals surface area (Å²) in [7, 11) is 2.14.